The third kappa shape index (κ3) is 2.36. The van der Waals surface area contributed by atoms with Gasteiger partial charge in [0.1, 0.15) is 5.75 Å². The van der Waals surface area contributed by atoms with Crippen molar-refractivity contribution >= 4 is 54.8 Å². The molecule has 0 amide bonds. The molecule has 0 saturated heterocycles. The molecule has 2 heterocycles. The minimum atomic E-state index is 0.178. The van der Waals surface area contributed by atoms with E-state index in [0.29, 0.717) is 0 Å². The Hall–Kier alpha value is -0.0300. The molecule has 0 N–H and O–H groups in total. The molecule has 0 spiro atoms. The first kappa shape index (κ1) is 13.0. The van der Waals surface area contributed by atoms with Gasteiger partial charge in [0.05, 0.1) is 20.2 Å². The van der Waals surface area contributed by atoms with E-state index in [1.807, 2.05) is 6.07 Å². The standard InChI is InChI=1S/C13H9Br2ClOS/c14-12(11-6-9(16)13(15)18-11)8-1-2-10-7(5-8)3-4-17-10/h1-2,5-6,12H,3-4H2. The van der Waals surface area contributed by atoms with Crippen molar-refractivity contribution in [1.82, 2.24) is 0 Å². The lowest BCUT2D eigenvalue weighted by atomic mass is 10.1. The van der Waals surface area contributed by atoms with Gasteiger partial charge in [0, 0.05) is 11.3 Å². The average Bonchev–Trinajstić information content (AvgIpc) is 2.95. The van der Waals surface area contributed by atoms with E-state index in [-0.39, 0.29) is 4.83 Å². The van der Waals surface area contributed by atoms with Gasteiger partial charge in [-0.25, -0.2) is 0 Å². The zero-order valence-electron chi connectivity index (χ0n) is 9.25. The van der Waals surface area contributed by atoms with Gasteiger partial charge in [-0.15, -0.1) is 11.3 Å². The molecule has 1 atom stereocenters. The maximum Gasteiger partial charge on any atom is 0.122 e. The Morgan fingerprint density at radius 1 is 1.33 bits per heavy atom. The smallest absolute Gasteiger partial charge is 0.122 e. The van der Waals surface area contributed by atoms with Crippen LogP contribution in [0.1, 0.15) is 20.8 Å². The Bertz CT molecular complexity index is 577. The number of hydrogen-bond donors (Lipinski definition) is 0. The van der Waals surface area contributed by atoms with Crippen LogP contribution in [0.5, 0.6) is 5.75 Å². The quantitative estimate of drug-likeness (QED) is 0.589. The second kappa shape index (κ2) is 5.16. The Morgan fingerprint density at radius 2 is 2.17 bits per heavy atom. The van der Waals surface area contributed by atoms with Gasteiger partial charge in [-0.1, -0.05) is 39.7 Å². The summed E-state index contributed by atoms with van der Waals surface area (Å²) < 4.78 is 6.50. The van der Waals surface area contributed by atoms with Crippen LogP contribution in [0.25, 0.3) is 0 Å². The van der Waals surface area contributed by atoms with Crippen LogP contribution in [0, 0.1) is 0 Å². The summed E-state index contributed by atoms with van der Waals surface area (Å²) in [6, 6.07) is 8.37. The van der Waals surface area contributed by atoms with Crippen molar-refractivity contribution < 1.29 is 4.74 Å². The van der Waals surface area contributed by atoms with Crippen LogP contribution in [-0.2, 0) is 6.42 Å². The molecule has 2 aromatic rings. The minimum absolute atomic E-state index is 0.178. The number of benzene rings is 1. The van der Waals surface area contributed by atoms with Gasteiger partial charge >= 0.3 is 0 Å². The van der Waals surface area contributed by atoms with Gasteiger partial charge in [-0.05, 0) is 39.2 Å². The number of ether oxygens (including phenoxy) is 1. The normalized spacial score (nSPS) is 15.3. The summed E-state index contributed by atoms with van der Waals surface area (Å²) in [7, 11) is 0. The second-order valence-corrected chi connectivity index (χ2v) is 7.82. The van der Waals surface area contributed by atoms with Crippen molar-refractivity contribution in [2.75, 3.05) is 6.61 Å². The largest absolute Gasteiger partial charge is 0.493 e. The molecular formula is C13H9Br2ClOS. The number of fused-ring (bicyclic) bond motifs is 1. The number of thiophene rings is 1. The molecule has 1 nitrogen and oxygen atoms in total. The van der Waals surface area contributed by atoms with Crippen molar-refractivity contribution in [3.8, 4) is 5.75 Å². The number of halogens is 3. The van der Waals surface area contributed by atoms with E-state index in [1.54, 1.807) is 11.3 Å². The Morgan fingerprint density at radius 3 is 2.89 bits per heavy atom. The van der Waals surface area contributed by atoms with Crippen LogP contribution in [-0.4, -0.2) is 6.61 Å². The van der Waals surface area contributed by atoms with Gasteiger partial charge in [-0.2, -0.15) is 0 Å². The molecule has 1 aliphatic rings. The SMILES string of the molecule is Clc1cc(C(Br)c2ccc3c(c2)CCO3)sc1Br. The van der Waals surface area contributed by atoms with E-state index in [2.05, 4.69) is 50.1 Å². The highest BCUT2D eigenvalue weighted by atomic mass is 79.9. The molecule has 1 unspecified atom stereocenters. The number of rotatable bonds is 2. The van der Waals surface area contributed by atoms with Crippen LogP contribution in [0.4, 0.5) is 0 Å². The molecule has 1 aromatic heterocycles. The van der Waals surface area contributed by atoms with Gasteiger partial charge in [0.15, 0.2) is 0 Å². The fraction of sp³-hybridized carbons (Fsp3) is 0.231. The molecule has 0 aliphatic carbocycles. The summed E-state index contributed by atoms with van der Waals surface area (Å²) in [5.41, 5.74) is 2.53. The van der Waals surface area contributed by atoms with Crippen LogP contribution in [0.3, 0.4) is 0 Å². The predicted molar refractivity (Wildman–Crippen MR) is 83.4 cm³/mol. The first-order valence-corrected chi connectivity index (χ1v) is 8.40. The second-order valence-electron chi connectivity index (χ2n) is 4.10. The average molecular weight is 409 g/mol. The monoisotopic (exact) mass is 406 g/mol. The third-order valence-corrected chi connectivity index (χ3v) is 6.78. The highest BCUT2D eigenvalue weighted by Gasteiger charge is 2.18. The third-order valence-electron chi connectivity index (χ3n) is 2.92. The molecule has 1 aliphatic heterocycles. The van der Waals surface area contributed by atoms with Crippen LogP contribution in [0.15, 0.2) is 28.1 Å². The fourth-order valence-electron chi connectivity index (χ4n) is 2.02. The maximum atomic E-state index is 6.08. The van der Waals surface area contributed by atoms with Crippen LogP contribution >= 0.6 is 54.8 Å². The first-order valence-electron chi connectivity index (χ1n) is 5.49. The minimum Gasteiger partial charge on any atom is -0.493 e. The first-order chi connectivity index (χ1) is 8.65. The topological polar surface area (TPSA) is 9.23 Å². The van der Waals surface area contributed by atoms with Crippen LogP contribution < -0.4 is 4.74 Å². The van der Waals surface area contributed by atoms with Crippen LogP contribution in [0.2, 0.25) is 5.02 Å². The number of hydrogen-bond acceptors (Lipinski definition) is 2. The van der Waals surface area contributed by atoms with Gasteiger partial charge in [-0.3, -0.25) is 0 Å². The van der Waals surface area contributed by atoms with E-state index in [4.69, 9.17) is 16.3 Å². The molecule has 5 heteroatoms. The van der Waals surface area contributed by atoms with E-state index >= 15 is 0 Å². The molecule has 1 aromatic carbocycles. The lowest BCUT2D eigenvalue weighted by molar-refractivity contribution is 0.357. The summed E-state index contributed by atoms with van der Waals surface area (Å²) in [6.07, 6.45) is 0.998. The lowest BCUT2D eigenvalue weighted by Crippen LogP contribution is -1.90. The lowest BCUT2D eigenvalue weighted by Gasteiger charge is -2.09. The van der Waals surface area contributed by atoms with Crippen molar-refractivity contribution in [3.63, 3.8) is 0 Å². The zero-order valence-corrected chi connectivity index (χ0v) is 14.0. The van der Waals surface area contributed by atoms with E-state index < -0.39 is 0 Å². The summed E-state index contributed by atoms with van der Waals surface area (Å²) in [6.45, 7) is 0.794. The highest BCUT2D eigenvalue weighted by molar-refractivity contribution is 9.11. The van der Waals surface area contributed by atoms with Gasteiger partial charge in [0.25, 0.3) is 0 Å². The Kier molecular flexibility index (Phi) is 3.72. The Labute approximate surface area is 131 Å². The van der Waals surface area contributed by atoms with Crippen molar-refractivity contribution in [1.29, 1.82) is 0 Å². The maximum absolute atomic E-state index is 6.08. The molecule has 3 rings (SSSR count). The van der Waals surface area contributed by atoms with Gasteiger partial charge < -0.3 is 4.74 Å². The molecular weight excluding hydrogens is 399 g/mol. The predicted octanol–water partition coefficient (Wildman–Crippen LogP) is 5.58. The molecule has 0 saturated carbocycles. The molecule has 0 bridgehead atoms. The van der Waals surface area contributed by atoms with Crippen molar-refractivity contribution in [2.45, 2.75) is 11.2 Å². The van der Waals surface area contributed by atoms with E-state index in [0.717, 1.165) is 27.6 Å². The molecule has 0 radical (unpaired) electrons. The summed E-state index contributed by atoms with van der Waals surface area (Å²) in [4.78, 5) is 1.38. The molecule has 0 fully saturated rings. The van der Waals surface area contributed by atoms with E-state index in [9.17, 15) is 0 Å². The van der Waals surface area contributed by atoms with Gasteiger partial charge in [0.2, 0.25) is 0 Å². The summed E-state index contributed by atoms with van der Waals surface area (Å²) >= 11 is 14.9. The van der Waals surface area contributed by atoms with Crippen molar-refractivity contribution in [3.05, 3.63) is 49.1 Å². The molecule has 18 heavy (non-hydrogen) atoms. The van der Waals surface area contributed by atoms with Crippen molar-refractivity contribution in [2.24, 2.45) is 0 Å². The highest BCUT2D eigenvalue weighted by Crippen LogP contribution is 2.42. The zero-order chi connectivity index (χ0) is 12.7. The summed E-state index contributed by atoms with van der Waals surface area (Å²) in [5, 5.41) is 0.768. The molecule has 94 valence electrons. The number of alkyl halides is 1. The fourth-order valence-corrected chi connectivity index (χ4v) is 4.47. The Balaban J connectivity index is 1.94. The van der Waals surface area contributed by atoms with E-state index in [1.165, 1.54) is 16.0 Å². The summed E-state index contributed by atoms with van der Waals surface area (Å²) in [5.74, 6) is 1.02.